The Hall–Kier alpha value is -2.63. The van der Waals surface area contributed by atoms with Crippen molar-refractivity contribution in [2.45, 2.75) is 19.9 Å². The first-order valence-corrected chi connectivity index (χ1v) is 6.22. The van der Waals surface area contributed by atoms with Gasteiger partial charge in [-0.3, -0.25) is 19.5 Å². The SMILES string of the molecule is Cc1ccccc1NC(=O)CCn1[nH]c(=O)ccc1=O. The number of H-pyrrole nitrogens is 1. The quantitative estimate of drug-likeness (QED) is 0.867. The number of aromatic amines is 1. The highest BCUT2D eigenvalue weighted by Gasteiger charge is 2.05. The Bertz CT molecular complexity index is 731. The van der Waals surface area contributed by atoms with Crippen molar-refractivity contribution in [2.75, 3.05) is 5.32 Å². The van der Waals surface area contributed by atoms with E-state index >= 15 is 0 Å². The average Bonchev–Trinajstić information content (AvgIpc) is 2.42. The Balaban J connectivity index is 1.99. The summed E-state index contributed by atoms with van der Waals surface area (Å²) in [7, 11) is 0. The molecule has 20 heavy (non-hydrogen) atoms. The third-order valence-electron chi connectivity index (χ3n) is 2.87. The number of aryl methyl sites for hydroxylation is 2. The number of hydrogen-bond acceptors (Lipinski definition) is 3. The number of aromatic nitrogens is 2. The standard InChI is InChI=1S/C14H15N3O3/c1-10-4-2-3-5-11(10)15-12(18)8-9-17-14(20)7-6-13(19)16-17/h2-7H,8-9H2,1H3,(H,15,18)(H,16,19). The number of para-hydroxylation sites is 1. The number of benzene rings is 1. The molecular formula is C14H15N3O3. The molecule has 0 aliphatic rings. The zero-order valence-electron chi connectivity index (χ0n) is 11.1. The number of carbonyl (C=O) groups is 1. The van der Waals surface area contributed by atoms with Crippen molar-refractivity contribution in [1.82, 2.24) is 9.78 Å². The molecule has 0 aliphatic heterocycles. The van der Waals surface area contributed by atoms with Crippen LogP contribution in [0.5, 0.6) is 0 Å². The first-order chi connectivity index (χ1) is 9.56. The van der Waals surface area contributed by atoms with Crippen molar-refractivity contribution in [1.29, 1.82) is 0 Å². The minimum atomic E-state index is -0.371. The molecule has 1 aromatic carbocycles. The summed E-state index contributed by atoms with van der Waals surface area (Å²) in [6.45, 7) is 2.03. The molecule has 104 valence electrons. The summed E-state index contributed by atoms with van der Waals surface area (Å²) < 4.78 is 1.12. The van der Waals surface area contributed by atoms with Gasteiger partial charge in [0.05, 0.1) is 6.54 Å². The van der Waals surface area contributed by atoms with Crippen molar-refractivity contribution in [2.24, 2.45) is 0 Å². The maximum absolute atomic E-state index is 11.8. The monoisotopic (exact) mass is 273 g/mol. The number of carbonyl (C=O) groups excluding carboxylic acids is 1. The highest BCUT2D eigenvalue weighted by Crippen LogP contribution is 2.13. The zero-order chi connectivity index (χ0) is 14.5. The number of anilines is 1. The van der Waals surface area contributed by atoms with Gasteiger partial charge in [0.15, 0.2) is 0 Å². The summed E-state index contributed by atoms with van der Waals surface area (Å²) in [5.74, 6) is -0.212. The van der Waals surface area contributed by atoms with Crippen LogP contribution in [0.25, 0.3) is 0 Å². The van der Waals surface area contributed by atoms with Crippen LogP contribution in [0.4, 0.5) is 5.69 Å². The van der Waals surface area contributed by atoms with Gasteiger partial charge in [0.25, 0.3) is 11.1 Å². The molecular weight excluding hydrogens is 258 g/mol. The summed E-state index contributed by atoms with van der Waals surface area (Å²) in [6.07, 6.45) is 0.105. The molecule has 1 amide bonds. The van der Waals surface area contributed by atoms with Gasteiger partial charge in [-0.2, -0.15) is 0 Å². The number of nitrogens with zero attached hydrogens (tertiary/aromatic N) is 1. The first-order valence-electron chi connectivity index (χ1n) is 6.22. The normalized spacial score (nSPS) is 10.2. The summed E-state index contributed by atoms with van der Waals surface area (Å²) in [6, 6.07) is 9.77. The smallest absolute Gasteiger partial charge is 0.265 e. The molecule has 0 bridgehead atoms. The second-order valence-corrected chi connectivity index (χ2v) is 4.41. The first kappa shape index (κ1) is 13.8. The fourth-order valence-electron chi connectivity index (χ4n) is 1.77. The van der Waals surface area contributed by atoms with Gasteiger partial charge in [-0.25, -0.2) is 4.68 Å². The number of hydrogen-bond donors (Lipinski definition) is 2. The fourth-order valence-corrected chi connectivity index (χ4v) is 1.77. The van der Waals surface area contributed by atoms with E-state index in [1.54, 1.807) is 0 Å². The molecule has 2 aromatic rings. The highest BCUT2D eigenvalue weighted by molar-refractivity contribution is 5.91. The van der Waals surface area contributed by atoms with Gasteiger partial charge in [-0.1, -0.05) is 18.2 Å². The van der Waals surface area contributed by atoms with Gasteiger partial charge in [0.1, 0.15) is 0 Å². The van der Waals surface area contributed by atoms with Crippen molar-refractivity contribution >= 4 is 11.6 Å². The third-order valence-corrected chi connectivity index (χ3v) is 2.87. The summed E-state index contributed by atoms with van der Waals surface area (Å²) >= 11 is 0. The van der Waals surface area contributed by atoms with Crippen LogP contribution < -0.4 is 16.4 Å². The van der Waals surface area contributed by atoms with Crippen LogP contribution in [0.1, 0.15) is 12.0 Å². The van der Waals surface area contributed by atoms with E-state index in [2.05, 4.69) is 10.4 Å². The lowest BCUT2D eigenvalue weighted by molar-refractivity contribution is -0.116. The second-order valence-electron chi connectivity index (χ2n) is 4.41. The molecule has 2 rings (SSSR count). The molecule has 0 fully saturated rings. The third kappa shape index (κ3) is 3.44. The van der Waals surface area contributed by atoms with E-state index in [4.69, 9.17) is 0 Å². The fraction of sp³-hybridized carbons (Fsp3) is 0.214. The van der Waals surface area contributed by atoms with Gasteiger partial charge in [-0.15, -0.1) is 0 Å². The summed E-state index contributed by atoms with van der Waals surface area (Å²) in [4.78, 5) is 34.4. The van der Waals surface area contributed by atoms with Gasteiger partial charge in [0.2, 0.25) is 5.91 Å². The lowest BCUT2D eigenvalue weighted by Crippen LogP contribution is -2.29. The molecule has 0 unspecified atom stereocenters. The van der Waals surface area contributed by atoms with Crippen molar-refractivity contribution in [3.8, 4) is 0 Å². The molecule has 0 saturated carbocycles. The Kier molecular flexibility index (Phi) is 4.14. The Morgan fingerprint density at radius 2 is 1.95 bits per heavy atom. The zero-order valence-corrected chi connectivity index (χ0v) is 11.1. The molecule has 0 radical (unpaired) electrons. The lowest BCUT2D eigenvalue weighted by Gasteiger charge is -2.08. The van der Waals surface area contributed by atoms with Crippen LogP contribution in [0.15, 0.2) is 46.0 Å². The van der Waals surface area contributed by atoms with Crippen LogP contribution in [-0.4, -0.2) is 15.7 Å². The van der Waals surface area contributed by atoms with Crippen LogP contribution in [-0.2, 0) is 11.3 Å². The number of rotatable bonds is 4. The summed E-state index contributed by atoms with van der Waals surface area (Å²) in [5, 5.41) is 5.14. The van der Waals surface area contributed by atoms with Crippen molar-refractivity contribution < 1.29 is 4.79 Å². The van der Waals surface area contributed by atoms with E-state index in [0.29, 0.717) is 0 Å². The van der Waals surface area contributed by atoms with Crippen molar-refractivity contribution in [3.63, 3.8) is 0 Å². The van der Waals surface area contributed by atoms with Gasteiger partial charge < -0.3 is 5.32 Å². The predicted octanol–water partition coefficient (Wildman–Crippen LogP) is 0.874. The topological polar surface area (TPSA) is 84.0 Å². The summed E-state index contributed by atoms with van der Waals surface area (Å²) in [5.41, 5.74) is 0.995. The van der Waals surface area contributed by atoms with Crippen LogP contribution in [0.2, 0.25) is 0 Å². The van der Waals surface area contributed by atoms with Crippen LogP contribution in [0.3, 0.4) is 0 Å². The van der Waals surface area contributed by atoms with Gasteiger partial charge in [0, 0.05) is 24.2 Å². The number of nitrogens with one attached hydrogen (secondary N) is 2. The Morgan fingerprint density at radius 1 is 1.20 bits per heavy atom. The van der Waals surface area contributed by atoms with Crippen LogP contribution >= 0.6 is 0 Å². The molecule has 0 aliphatic carbocycles. The molecule has 1 heterocycles. The average molecular weight is 273 g/mol. The minimum absolute atomic E-state index is 0.105. The second kappa shape index (κ2) is 6.01. The largest absolute Gasteiger partial charge is 0.326 e. The van der Waals surface area contributed by atoms with Gasteiger partial charge >= 0.3 is 0 Å². The van der Waals surface area contributed by atoms with E-state index in [1.165, 1.54) is 6.07 Å². The number of amides is 1. The van der Waals surface area contributed by atoms with Crippen molar-refractivity contribution in [3.05, 3.63) is 62.7 Å². The molecule has 0 spiro atoms. The molecule has 6 nitrogen and oxygen atoms in total. The lowest BCUT2D eigenvalue weighted by atomic mass is 10.2. The Morgan fingerprint density at radius 3 is 2.70 bits per heavy atom. The maximum atomic E-state index is 11.8. The molecule has 0 saturated heterocycles. The van der Waals surface area contributed by atoms with Gasteiger partial charge in [-0.05, 0) is 18.6 Å². The Labute approximate surface area is 115 Å². The van der Waals surface area contributed by atoms with Crippen LogP contribution in [0, 0.1) is 6.92 Å². The molecule has 2 N–H and O–H groups in total. The molecule has 0 atom stereocenters. The molecule has 6 heteroatoms. The van der Waals surface area contributed by atoms with E-state index in [0.717, 1.165) is 22.0 Å². The minimum Gasteiger partial charge on any atom is -0.326 e. The van der Waals surface area contributed by atoms with E-state index in [-0.39, 0.29) is 30.0 Å². The van der Waals surface area contributed by atoms with E-state index in [1.807, 2.05) is 31.2 Å². The van der Waals surface area contributed by atoms with E-state index in [9.17, 15) is 14.4 Å². The highest BCUT2D eigenvalue weighted by atomic mass is 16.2. The molecule has 1 aromatic heterocycles. The van der Waals surface area contributed by atoms with E-state index < -0.39 is 0 Å². The maximum Gasteiger partial charge on any atom is 0.265 e. The predicted molar refractivity (Wildman–Crippen MR) is 75.7 cm³/mol.